The summed E-state index contributed by atoms with van der Waals surface area (Å²) in [5.41, 5.74) is 0.949. The molecule has 0 aromatic heterocycles. The van der Waals surface area contributed by atoms with Gasteiger partial charge in [0.05, 0.1) is 24.7 Å². The van der Waals surface area contributed by atoms with E-state index in [1.807, 2.05) is 45.9 Å². The van der Waals surface area contributed by atoms with Crippen LogP contribution < -0.4 is 15.5 Å². The Morgan fingerprint density at radius 1 is 1.20 bits per heavy atom. The number of unbranched alkanes of at least 4 members (excludes halogenated alkanes) is 1. The summed E-state index contributed by atoms with van der Waals surface area (Å²) >= 11 is 0. The summed E-state index contributed by atoms with van der Waals surface area (Å²) < 4.78 is 17.6. The monoisotopic (exact) mass is 347 g/mol. The summed E-state index contributed by atoms with van der Waals surface area (Å²) in [4.78, 5) is 12.2. The van der Waals surface area contributed by atoms with E-state index in [-0.39, 0.29) is 12.3 Å². The van der Waals surface area contributed by atoms with Crippen molar-refractivity contribution in [3.8, 4) is 5.75 Å². The van der Waals surface area contributed by atoms with Crippen molar-refractivity contribution < 1.29 is 18.8 Å². The van der Waals surface area contributed by atoms with Gasteiger partial charge in [0, 0.05) is 12.1 Å². The zero-order chi connectivity index (χ0) is 18.7. The molecule has 138 valence electrons. The van der Waals surface area contributed by atoms with E-state index in [1.54, 1.807) is 7.11 Å². The van der Waals surface area contributed by atoms with Crippen LogP contribution in [0.2, 0.25) is 0 Å². The lowest BCUT2D eigenvalue weighted by atomic mass is 9.78. The summed E-state index contributed by atoms with van der Waals surface area (Å²) in [6.07, 6.45) is 2.32. The minimum Gasteiger partial charge on any atom is -0.496 e. The number of benzene rings is 1. The molecule has 1 aliphatic rings. The van der Waals surface area contributed by atoms with Crippen LogP contribution >= 0.6 is 0 Å². The van der Waals surface area contributed by atoms with E-state index in [0.717, 1.165) is 23.9 Å². The number of hydrogen-bond donors (Lipinski definition) is 1. The molecule has 0 atom stereocenters. The molecule has 1 aliphatic heterocycles. The zero-order valence-electron chi connectivity index (χ0n) is 16.3. The first-order valence-corrected chi connectivity index (χ1v) is 8.99. The van der Waals surface area contributed by atoms with E-state index >= 15 is 0 Å². The minimum atomic E-state index is -0.446. The molecule has 1 saturated heterocycles. The topological polar surface area (TPSA) is 56.8 Å². The maximum Gasteiger partial charge on any atom is 0.494 e. The first kappa shape index (κ1) is 19.8. The lowest BCUT2D eigenvalue weighted by molar-refractivity contribution is -0.120. The van der Waals surface area contributed by atoms with Gasteiger partial charge in [-0.1, -0.05) is 25.5 Å². The molecule has 0 saturated carbocycles. The van der Waals surface area contributed by atoms with Crippen LogP contribution in [0.4, 0.5) is 0 Å². The third kappa shape index (κ3) is 4.56. The normalized spacial score (nSPS) is 18.2. The molecule has 1 N–H and O–H groups in total. The Morgan fingerprint density at radius 2 is 1.84 bits per heavy atom. The van der Waals surface area contributed by atoms with Gasteiger partial charge in [-0.25, -0.2) is 0 Å². The van der Waals surface area contributed by atoms with Crippen LogP contribution in [0.5, 0.6) is 5.75 Å². The molecule has 0 spiro atoms. The molecule has 0 unspecified atom stereocenters. The molecule has 1 heterocycles. The zero-order valence-corrected chi connectivity index (χ0v) is 16.3. The average molecular weight is 347 g/mol. The fraction of sp³-hybridized carbons (Fsp3) is 0.632. The molecule has 0 radical (unpaired) electrons. The highest BCUT2D eigenvalue weighted by Gasteiger charge is 2.51. The molecule has 1 fully saturated rings. The lowest BCUT2D eigenvalue weighted by Gasteiger charge is -2.32. The third-order valence-electron chi connectivity index (χ3n) is 5.03. The number of methoxy groups -OCH3 is 1. The molecule has 1 aromatic carbocycles. The predicted octanol–water partition coefficient (Wildman–Crippen LogP) is 2.45. The summed E-state index contributed by atoms with van der Waals surface area (Å²) in [6, 6.07) is 5.74. The standard InChI is InChI=1S/C19H30BNO4/c1-7-8-11-21-17(22)13-14-12-15(9-10-16(14)23-6)20-24-18(2,3)19(4,5)25-20/h9-10,12H,7-8,11,13H2,1-6H3,(H,21,22). The van der Waals surface area contributed by atoms with Crippen LogP contribution in [-0.4, -0.2) is 37.9 Å². The molecule has 25 heavy (non-hydrogen) atoms. The molecule has 1 amide bonds. The molecular formula is C19H30BNO4. The average Bonchev–Trinajstić information content (AvgIpc) is 2.75. The predicted molar refractivity (Wildman–Crippen MR) is 100 cm³/mol. The van der Waals surface area contributed by atoms with Crippen LogP contribution in [0.15, 0.2) is 18.2 Å². The van der Waals surface area contributed by atoms with E-state index in [2.05, 4.69) is 12.2 Å². The first-order valence-electron chi connectivity index (χ1n) is 8.99. The van der Waals surface area contributed by atoms with Gasteiger partial charge in [0.25, 0.3) is 0 Å². The van der Waals surface area contributed by atoms with Gasteiger partial charge < -0.3 is 19.4 Å². The second-order valence-corrected chi connectivity index (χ2v) is 7.54. The smallest absolute Gasteiger partial charge is 0.494 e. The van der Waals surface area contributed by atoms with Gasteiger partial charge in [-0.15, -0.1) is 0 Å². The Bertz CT molecular complexity index is 599. The third-order valence-corrected chi connectivity index (χ3v) is 5.03. The van der Waals surface area contributed by atoms with Crippen LogP contribution in [0.1, 0.15) is 53.0 Å². The number of carbonyl (C=O) groups is 1. The van der Waals surface area contributed by atoms with Crippen molar-refractivity contribution in [2.24, 2.45) is 0 Å². The number of amides is 1. The van der Waals surface area contributed by atoms with Crippen LogP contribution in [0, 0.1) is 0 Å². The maximum absolute atomic E-state index is 12.2. The molecule has 6 heteroatoms. The van der Waals surface area contributed by atoms with Gasteiger partial charge in [0.15, 0.2) is 0 Å². The van der Waals surface area contributed by atoms with Crippen molar-refractivity contribution in [1.82, 2.24) is 5.32 Å². The van der Waals surface area contributed by atoms with E-state index in [0.29, 0.717) is 12.3 Å². The van der Waals surface area contributed by atoms with Gasteiger partial charge in [-0.05, 0) is 45.6 Å². The van der Waals surface area contributed by atoms with Gasteiger partial charge >= 0.3 is 7.12 Å². The highest BCUT2D eigenvalue weighted by atomic mass is 16.7. The Labute approximate surface area is 151 Å². The van der Waals surface area contributed by atoms with E-state index in [1.165, 1.54) is 0 Å². The van der Waals surface area contributed by atoms with Crippen LogP contribution in [-0.2, 0) is 20.5 Å². The SMILES string of the molecule is CCCCNC(=O)Cc1cc(B2OC(C)(C)C(C)(C)O2)ccc1OC. The number of nitrogens with one attached hydrogen (secondary N) is 1. The summed E-state index contributed by atoms with van der Waals surface area (Å²) in [6.45, 7) is 10.9. The molecule has 2 rings (SSSR count). The largest absolute Gasteiger partial charge is 0.496 e. The second kappa shape index (κ2) is 7.79. The highest BCUT2D eigenvalue weighted by Crippen LogP contribution is 2.36. The summed E-state index contributed by atoms with van der Waals surface area (Å²) in [5.74, 6) is 0.698. The second-order valence-electron chi connectivity index (χ2n) is 7.54. The minimum absolute atomic E-state index is 0.00202. The van der Waals surface area contributed by atoms with Gasteiger partial charge in [-0.2, -0.15) is 0 Å². The van der Waals surface area contributed by atoms with E-state index in [9.17, 15) is 4.79 Å². The Kier molecular flexibility index (Phi) is 6.17. The van der Waals surface area contributed by atoms with Gasteiger partial charge in [0.1, 0.15) is 5.75 Å². The van der Waals surface area contributed by atoms with Crippen molar-refractivity contribution >= 4 is 18.5 Å². The van der Waals surface area contributed by atoms with Crippen molar-refractivity contribution in [3.05, 3.63) is 23.8 Å². The first-order chi connectivity index (χ1) is 11.7. The number of ether oxygens (including phenoxy) is 1. The van der Waals surface area contributed by atoms with Gasteiger partial charge in [-0.3, -0.25) is 4.79 Å². The van der Waals surface area contributed by atoms with Crippen molar-refractivity contribution in [2.75, 3.05) is 13.7 Å². The Balaban J connectivity index is 2.16. The molecular weight excluding hydrogens is 317 g/mol. The molecule has 1 aromatic rings. The fourth-order valence-electron chi connectivity index (χ4n) is 2.70. The number of carbonyl (C=O) groups excluding carboxylic acids is 1. The molecule has 0 aliphatic carbocycles. The maximum atomic E-state index is 12.2. The molecule has 5 nitrogen and oxygen atoms in total. The summed E-state index contributed by atoms with van der Waals surface area (Å²) in [5, 5.41) is 2.94. The van der Waals surface area contributed by atoms with Crippen molar-refractivity contribution in [1.29, 1.82) is 0 Å². The van der Waals surface area contributed by atoms with Crippen LogP contribution in [0.3, 0.4) is 0 Å². The van der Waals surface area contributed by atoms with Crippen molar-refractivity contribution in [2.45, 2.75) is 65.1 Å². The quantitative estimate of drug-likeness (QED) is 0.608. The highest BCUT2D eigenvalue weighted by molar-refractivity contribution is 6.62. The number of rotatable bonds is 7. The van der Waals surface area contributed by atoms with Gasteiger partial charge in [0.2, 0.25) is 5.91 Å². The lowest BCUT2D eigenvalue weighted by Crippen LogP contribution is -2.41. The molecule has 0 bridgehead atoms. The summed E-state index contributed by atoms with van der Waals surface area (Å²) in [7, 11) is 1.17. The van der Waals surface area contributed by atoms with E-state index in [4.69, 9.17) is 14.0 Å². The fourth-order valence-corrected chi connectivity index (χ4v) is 2.70. The van der Waals surface area contributed by atoms with Crippen molar-refractivity contribution in [3.63, 3.8) is 0 Å². The number of hydrogen-bond acceptors (Lipinski definition) is 4. The van der Waals surface area contributed by atoms with E-state index < -0.39 is 18.3 Å². The Morgan fingerprint density at radius 3 is 2.40 bits per heavy atom. The van der Waals surface area contributed by atoms with Crippen LogP contribution in [0.25, 0.3) is 0 Å². The Hall–Kier alpha value is -1.53.